The number of nitrogens with zero attached hydrogens (tertiary/aromatic N) is 1. The topological polar surface area (TPSA) is 45.3 Å². The van der Waals surface area contributed by atoms with E-state index in [0.717, 1.165) is 32.5 Å². The van der Waals surface area contributed by atoms with Gasteiger partial charge >= 0.3 is 0 Å². The molecular weight excluding hydrogens is 216 g/mol. The lowest BCUT2D eigenvalue weighted by molar-refractivity contribution is 0.0147. The molecule has 0 amide bonds. The fraction of sp³-hybridized carbons (Fsp3) is 0.615. The molecule has 4 nitrogen and oxygen atoms in total. The molecule has 4 heteroatoms. The Morgan fingerprint density at radius 1 is 1.53 bits per heavy atom. The average molecular weight is 236 g/mol. The molecule has 0 saturated carbocycles. The van der Waals surface area contributed by atoms with Gasteiger partial charge in [0, 0.05) is 25.9 Å². The van der Waals surface area contributed by atoms with Gasteiger partial charge in [-0.05, 0) is 31.9 Å². The second-order valence-electron chi connectivity index (χ2n) is 4.44. The van der Waals surface area contributed by atoms with E-state index in [0.29, 0.717) is 18.3 Å². The Morgan fingerprint density at radius 3 is 2.88 bits per heavy atom. The summed E-state index contributed by atoms with van der Waals surface area (Å²) < 4.78 is 5.59. The summed E-state index contributed by atoms with van der Waals surface area (Å²) in [5, 5.41) is 0. The van der Waals surface area contributed by atoms with Crippen molar-refractivity contribution in [2.75, 3.05) is 26.2 Å². The fourth-order valence-electron chi connectivity index (χ4n) is 2.26. The maximum Gasteiger partial charge on any atom is 0.192 e. The first-order valence-corrected chi connectivity index (χ1v) is 6.30. The van der Waals surface area contributed by atoms with Crippen LogP contribution in [0.25, 0.3) is 0 Å². The molecule has 1 aliphatic rings. The summed E-state index contributed by atoms with van der Waals surface area (Å²) >= 11 is 0. The Morgan fingerprint density at radius 2 is 2.29 bits per heavy atom. The number of hydrogen-bond acceptors (Lipinski definition) is 3. The number of hydrogen-bond donors (Lipinski definition) is 1. The molecule has 2 rings (SSSR count). The molecule has 1 aromatic rings. The number of H-pyrrole nitrogens is 1. The number of carbonyl (C=O) groups is 1. The molecule has 1 saturated heterocycles. The summed E-state index contributed by atoms with van der Waals surface area (Å²) in [5.74, 6) is 0.171. The molecule has 2 heterocycles. The number of piperidine rings is 1. The van der Waals surface area contributed by atoms with Gasteiger partial charge in [0.1, 0.15) is 0 Å². The van der Waals surface area contributed by atoms with Crippen LogP contribution in [0.3, 0.4) is 0 Å². The van der Waals surface area contributed by atoms with Gasteiger partial charge < -0.3 is 9.72 Å². The van der Waals surface area contributed by atoms with Crippen molar-refractivity contribution in [3.8, 4) is 0 Å². The minimum Gasteiger partial charge on any atom is -0.378 e. The van der Waals surface area contributed by atoms with Crippen LogP contribution in [0.4, 0.5) is 0 Å². The second kappa shape index (κ2) is 5.98. The molecule has 17 heavy (non-hydrogen) atoms. The zero-order chi connectivity index (χ0) is 12.1. The zero-order valence-electron chi connectivity index (χ0n) is 10.3. The van der Waals surface area contributed by atoms with Gasteiger partial charge in [0.05, 0.1) is 18.3 Å². The minimum atomic E-state index is 0.171. The van der Waals surface area contributed by atoms with E-state index in [1.54, 1.807) is 6.20 Å². The van der Waals surface area contributed by atoms with E-state index < -0.39 is 0 Å². The van der Waals surface area contributed by atoms with Crippen molar-refractivity contribution in [3.63, 3.8) is 0 Å². The third-order valence-corrected chi connectivity index (χ3v) is 3.20. The fourth-order valence-corrected chi connectivity index (χ4v) is 2.26. The summed E-state index contributed by atoms with van der Waals surface area (Å²) in [6.07, 6.45) is 4.24. The molecule has 0 aromatic carbocycles. The highest BCUT2D eigenvalue weighted by Crippen LogP contribution is 2.13. The number of carbonyl (C=O) groups excluding carboxylic acids is 1. The van der Waals surface area contributed by atoms with Crippen molar-refractivity contribution in [1.29, 1.82) is 0 Å². The Labute approximate surface area is 102 Å². The van der Waals surface area contributed by atoms with E-state index in [2.05, 4.69) is 9.88 Å². The predicted molar refractivity (Wildman–Crippen MR) is 66.2 cm³/mol. The third kappa shape index (κ3) is 3.41. The Balaban J connectivity index is 1.76. The van der Waals surface area contributed by atoms with E-state index in [-0.39, 0.29) is 5.78 Å². The Hall–Kier alpha value is -1.13. The van der Waals surface area contributed by atoms with Gasteiger partial charge in [0.2, 0.25) is 0 Å². The number of likely N-dealkylation sites (tertiary alicyclic amines) is 1. The number of ether oxygens (including phenoxy) is 1. The van der Waals surface area contributed by atoms with Gasteiger partial charge in [-0.3, -0.25) is 9.69 Å². The summed E-state index contributed by atoms with van der Waals surface area (Å²) in [4.78, 5) is 17.0. The highest BCUT2D eigenvalue weighted by molar-refractivity contribution is 5.95. The number of rotatable bonds is 5. The first-order chi connectivity index (χ1) is 8.29. The summed E-state index contributed by atoms with van der Waals surface area (Å²) in [5.41, 5.74) is 0.705. The highest BCUT2D eigenvalue weighted by Gasteiger charge is 2.21. The number of nitrogens with one attached hydrogen (secondary N) is 1. The van der Waals surface area contributed by atoms with E-state index in [9.17, 15) is 4.79 Å². The molecule has 1 fully saturated rings. The zero-order valence-corrected chi connectivity index (χ0v) is 10.3. The molecule has 1 N–H and O–H groups in total. The SMILES string of the molecule is CCOC1CCN(CC(=O)c2ccc[nH]2)CC1. The minimum absolute atomic E-state index is 0.171. The van der Waals surface area contributed by atoms with Crippen LogP contribution in [0.1, 0.15) is 30.3 Å². The van der Waals surface area contributed by atoms with E-state index in [4.69, 9.17) is 4.74 Å². The van der Waals surface area contributed by atoms with Gasteiger partial charge in [-0.25, -0.2) is 0 Å². The van der Waals surface area contributed by atoms with E-state index >= 15 is 0 Å². The molecule has 0 aliphatic carbocycles. The molecular formula is C13H20N2O2. The molecule has 94 valence electrons. The quantitative estimate of drug-likeness (QED) is 0.791. The smallest absolute Gasteiger partial charge is 0.192 e. The van der Waals surface area contributed by atoms with E-state index in [1.165, 1.54) is 0 Å². The predicted octanol–water partition coefficient (Wildman–Crippen LogP) is 1.70. The van der Waals surface area contributed by atoms with Crippen LogP contribution in [0, 0.1) is 0 Å². The molecule has 0 unspecified atom stereocenters. The lowest BCUT2D eigenvalue weighted by Gasteiger charge is -2.31. The van der Waals surface area contributed by atoms with Gasteiger partial charge in [-0.1, -0.05) is 0 Å². The van der Waals surface area contributed by atoms with Crippen molar-refractivity contribution in [2.45, 2.75) is 25.9 Å². The van der Waals surface area contributed by atoms with Crippen LogP contribution in [0.15, 0.2) is 18.3 Å². The Bertz CT molecular complexity index is 340. The van der Waals surface area contributed by atoms with Crippen molar-refractivity contribution in [3.05, 3.63) is 24.0 Å². The second-order valence-corrected chi connectivity index (χ2v) is 4.44. The van der Waals surface area contributed by atoms with Gasteiger partial charge in [-0.2, -0.15) is 0 Å². The van der Waals surface area contributed by atoms with Crippen LogP contribution in [-0.4, -0.2) is 48.0 Å². The normalized spacial score (nSPS) is 18.4. The van der Waals surface area contributed by atoms with Crippen molar-refractivity contribution in [1.82, 2.24) is 9.88 Å². The van der Waals surface area contributed by atoms with Crippen LogP contribution >= 0.6 is 0 Å². The van der Waals surface area contributed by atoms with Crippen molar-refractivity contribution < 1.29 is 9.53 Å². The van der Waals surface area contributed by atoms with Crippen LogP contribution < -0.4 is 0 Å². The lowest BCUT2D eigenvalue weighted by atomic mass is 10.1. The summed E-state index contributed by atoms with van der Waals surface area (Å²) in [6.45, 7) is 5.24. The molecule has 0 bridgehead atoms. The van der Waals surface area contributed by atoms with E-state index in [1.807, 2.05) is 19.1 Å². The summed E-state index contributed by atoms with van der Waals surface area (Å²) in [7, 11) is 0. The van der Waals surface area contributed by atoms with Crippen molar-refractivity contribution >= 4 is 5.78 Å². The molecule has 1 aromatic heterocycles. The first kappa shape index (κ1) is 12.3. The first-order valence-electron chi connectivity index (χ1n) is 6.30. The number of aromatic amines is 1. The molecule has 0 atom stereocenters. The largest absolute Gasteiger partial charge is 0.378 e. The maximum atomic E-state index is 11.9. The van der Waals surface area contributed by atoms with Gasteiger partial charge in [0.25, 0.3) is 0 Å². The average Bonchev–Trinajstić information content (AvgIpc) is 2.86. The highest BCUT2D eigenvalue weighted by atomic mass is 16.5. The van der Waals surface area contributed by atoms with Crippen molar-refractivity contribution in [2.24, 2.45) is 0 Å². The standard InChI is InChI=1S/C13H20N2O2/c1-2-17-11-5-8-15(9-6-11)10-13(16)12-4-3-7-14-12/h3-4,7,11,14H,2,5-6,8-10H2,1H3. The van der Waals surface area contributed by atoms with Crippen LogP contribution in [0.2, 0.25) is 0 Å². The summed E-state index contributed by atoms with van der Waals surface area (Å²) in [6, 6.07) is 3.68. The number of aromatic nitrogens is 1. The monoisotopic (exact) mass is 236 g/mol. The number of Topliss-reactive ketones (excluding diaryl/α,β-unsaturated/α-hetero) is 1. The lowest BCUT2D eigenvalue weighted by Crippen LogP contribution is -2.39. The third-order valence-electron chi connectivity index (χ3n) is 3.20. The molecule has 0 radical (unpaired) electrons. The molecule has 0 spiro atoms. The van der Waals surface area contributed by atoms with Crippen LogP contribution in [-0.2, 0) is 4.74 Å². The Kier molecular flexibility index (Phi) is 4.34. The molecule has 1 aliphatic heterocycles. The maximum absolute atomic E-state index is 11.9. The van der Waals surface area contributed by atoms with Crippen LogP contribution in [0.5, 0.6) is 0 Å². The number of ketones is 1. The van der Waals surface area contributed by atoms with Gasteiger partial charge in [-0.15, -0.1) is 0 Å². The van der Waals surface area contributed by atoms with Gasteiger partial charge in [0.15, 0.2) is 5.78 Å².